The third-order valence-corrected chi connectivity index (χ3v) is 6.82. The fourth-order valence-corrected chi connectivity index (χ4v) is 4.58. The van der Waals surface area contributed by atoms with Gasteiger partial charge in [0.15, 0.2) is 0 Å². The first kappa shape index (κ1) is 23.8. The number of hydrogen-bond acceptors (Lipinski definition) is 8. The Kier molecular flexibility index (Phi) is 6.67. The molecule has 0 bridgehead atoms. The van der Waals surface area contributed by atoms with Gasteiger partial charge in [-0.25, -0.2) is 4.79 Å². The number of esters is 1. The van der Waals surface area contributed by atoms with Gasteiger partial charge in [-0.2, -0.15) is 0 Å². The molecule has 4 rings (SSSR count). The van der Waals surface area contributed by atoms with Gasteiger partial charge in [-0.1, -0.05) is 24.3 Å². The maximum atomic E-state index is 12.3. The standard InChI is InChI=1S/C25H27N3O5S/c1-15-11-21(29)28(13-15)14-18-6-5-17(23(30)32-4)12-20(18)33-19-9-7-16(8-10-19)22-26-27-24(34-22)25(2,3)31/h5-10,12,15,31H,11,13-14H2,1-4H3/t15-/m0/s1. The highest BCUT2D eigenvalue weighted by atomic mass is 32.1. The van der Waals surface area contributed by atoms with Crippen LogP contribution >= 0.6 is 11.3 Å². The number of likely N-dealkylation sites (tertiary alicyclic amines) is 1. The van der Waals surface area contributed by atoms with Crippen molar-refractivity contribution >= 4 is 23.2 Å². The number of amides is 1. The summed E-state index contributed by atoms with van der Waals surface area (Å²) in [5.74, 6) is 1.03. The van der Waals surface area contributed by atoms with Crippen LogP contribution in [0.2, 0.25) is 0 Å². The van der Waals surface area contributed by atoms with Gasteiger partial charge in [-0.15, -0.1) is 10.2 Å². The van der Waals surface area contributed by atoms with E-state index in [-0.39, 0.29) is 5.91 Å². The number of benzene rings is 2. The van der Waals surface area contributed by atoms with E-state index in [0.29, 0.717) is 52.5 Å². The third-order valence-electron chi connectivity index (χ3n) is 5.53. The Morgan fingerprint density at radius 3 is 2.53 bits per heavy atom. The highest BCUT2D eigenvalue weighted by molar-refractivity contribution is 7.14. The van der Waals surface area contributed by atoms with Gasteiger partial charge in [0.2, 0.25) is 5.91 Å². The van der Waals surface area contributed by atoms with E-state index in [4.69, 9.17) is 9.47 Å². The third kappa shape index (κ3) is 5.26. The summed E-state index contributed by atoms with van der Waals surface area (Å²) in [4.78, 5) is 26.2. The predicted molar refractivity (Wildman–Crippen MR) is 128 cm³/mol. The van der Waals surface area contributed by atoms with E-state index in [1.54, 1.807) is 44.2 Å². The Labute approximate surface area is 202 Å². The number of ether oxygens (including phenoxy) is 2. The molecule has 0 unspecified atom stereocenters. The van der Waals surface area contributed by atoms with Crippen LogP contribution < -0.4 is 4.74 Å². The number of methoxy groups -OCH3 is 1. The molecule has 0 spiro atoms. The summed E-state index contributed by atoms with van der Waals surface area (Å²) in [6.45, 7) is 6.50. The van der Waals surface area contributed by atoms with E-state index in [1.165, 1.54) is 18.4 Å². The molecular weight excluding hydrogens is 454 g/mol. The Morgan fingerprint density at radius 1 is 1.21 bits per heavy atom. The molecule has 1 aromatic heterocycles. The lowest BCUT2D eigenvalue weighted by atomic mass is 10.1. The van der Waals surface area contributed by atoms with Gasteiger partial charge < -0.3 is 19.5 Å². The molecule has 1 N–H and O–H groups in total. The lowest BCUT2D eigenvalue weighted by Crippen LogP contribution is -2.24. The second-order valence-corrected chi connectivity index (χ2v) is 9.97. The molecule has 1 aliphatic rings. The van der Waals surface area contributed by atoms with Crippen molar-refractivity contribution in [3.05, 3.63) is 58.6 Å². The SMILES string of the molecule is COC(=O)c1ccc(CN2C[C@@H](C)CC2=O)c(Oc2ccc(-c3nnc(C(C)(C)O)s3)cc2)c1. The Morgan fingerprint density at radius 2 is 1.94 bits per heavy atom. The van der Waals surface area contributed by atoms with Crippen molar-refractivity contribution in [2.45, 2.75) is 39.3 Å². The summed E-state index contributed by atoms with van der Waals surface area (Å²) in [5.41, 5.74) is 0.972. The number of carbonyl (C=O) groups excluding carboxylic acids is 2. The lowest BCUT2D eigenvalue weighted by molar-refractivity contribution is -0.128. The Hall–Kier alpha value is -3.30. The van der Waals surface area contributed by atoms with Gasteiger partial charge in [0.05, 0.1) is 12.7 Å². The first-order valence-corrected chi connectivity index (χ1v) is 11.8. The van der Waals surface area contributed by atoms with Crippen LogP contribution in [0, 0.1) is 5.92 Å². The molecule has 1 saturated heterocycles. The molecule has 0 saturated carbocycles. The summed E-state index contributed by atoms with van der Waals surface area (Å²) in [6.07, 6.45) is 0.540. The molecular formula is C25H27N3O5S. The van der Waals surface area contributed by atoms with Crippen molar-refractivity contribution < 1.29 is 24.2 Å². The quantitative estimate of drug-likeness (QED) is 0.500. The van der Waals surface area contributed by atoms with Gasteiger partial charge in [0, 0.05) is 30.6 Å². The van der Waals surface area contributed by atoms with E-state index in [0.717, 1.165) is 11.1 Å². The molecule has 1 aliphatic heterocycles. The average molecular weight is 482 g/mol. The number of hydrogen-bond donors (Lipinski definition) is 1. The molecule has 178 valence electrons. The van der Waals surface area contributed by atoms with Crippen molar-refractivity contribution in [2.75, 3.05) is 13.7 Å². The fraction of sp³-hybridized carbons (Fsp3) is 0.360. The summed E-state index contributed by atoms with van der Waals surface area (Å²) in [6, 6.07) is 12.4. The molecule has 3 aromatic rings. The summed E-state index contributed by atoms with van der Waals surface area (Å²) in [5, 5.41) is 19.6. The molecule has 1 amide bonds. The molecule has 9 heteroatoms. The molecule has 34 heavy (non-hydrogen) atoms. The van der Waals surface area contributed by atoms with Crippen molar-refractivity contribution in [1.29, 1.82) is 0 Å². The number of aromatic nitrogens is 2. The molecule has 2 aromatic carbocycles. The van der Waals surface area contributed by atoms with E-state index < -0.39 is 11.6 Å². The van der Waals surface area contributed by atoms with Gasteiger partial charge in [0.1, 0.15) is 27.1 Å². The van der Waals surface area contributed by atoms with Crippen molar-refractivity contribution in [1.82, 2.24) is 15.1 Å². The largest absolute Gasteiger partial charge is 0.465 e. The highest BCUT2D eigenvalue weighted by Crippen LogP contribution is 2.33. The number of nitrogens with zero attached hydrogens (tertiary/aromatic N) is 3. The van der Waals surface area contributed by atoms with E-state index in [9.17, 15) is 14.7 Å². The summed E-state index contributed by atoms with van der Waals surface area (Å²) in [7, 11) is 1.33. The Balaban J connectivity index is 1.58. The van der Waals surface area contributed by atoms with Crippen molar-refractivity contribution in [3.8, 4) is 22.1 Å². The first-order valence-electron chi connectivity index (χ1n) is 11.0. The van der Waals surface area contributed by atoms with Crippen molar-refractivity contribution in [2.24, 2.45) is 5.92 Å². The lowest BCUT2D eigenvalue weighted by Gasteiger charge is -2.19. The van der Waals surface area contributed by atoms with Crippen LogP contribution in [-0.2, 0) is 21.7 Å². The fourth-order valence-electron chi connectivity index (χ4n) is 3.73. The van der Waals surface area contributed by atoms with E-state index in [1.807, 2.05) is 17.0 Å². The Bertz CT molecular complexity index is 1200. The highest BCUT2D eigenvalue weighted by Gasteiger charge is 2.27. The number of carbonyl (C=O) groups is 2. The average Bonchev–Trinajstić information content (AvgIpc) is 3.41. The minimum Gasteiger partial charge on any atom is -0.465 e. The maximum absolute atomic E-state index is 12.3. The maximum Gasteiger partial charge on any atom is 0.337 e. The van der Waals surface area contributed by atoms with Crippen molar-refractivity contribution in [3.63, 3.8) is 0 Å². The van der Waals surface area contributed by atoms with Crippen LogP contribution in [0.3, 0.4) is 0 Å². The van der Waals surface area contributed by atoms with E-state index in [2.05, 4.69) is 17.1 Å². The van der Waals surface area contributed by atoms with Gasteiger partial charge in [-0.3, -0.25) is 4.79 Å². The zero-order chi connectivity index (χ0) is 24.5. The first-order chi connectivity index (χ1) is 16.1. The molecule has 1 fully saturated rings. The van der Waals surface area contributed by atoms with Crippen LogP contribution in [0.5, 0.6) is 11.5 Å². The topological polar surface area (TPSA) is 102 Å². The normalized spacial score (nSPS) is 16.1. The predicted octanol–water partition coefficient (Wildman–Crippen LogP) is 4.38. The second-order valence-electron chi connectivity index (χ2n) is 9.00. The van der Waals surface area contributed by atoms with E-state index >= 15 is 0 Å². The number of aliphatic hydroxyl groups is 1. The van der Waals surface area contributed by atoms with Crippen LogP contribution in [-0.4, -0.2) is 45.7 Å². The molecule has 8 nitrogen and oxygen atoms in total. The molecule has 1 atom stereocenters. The summed E-state index contributed by atoms with van der Waals surface area (Å²) >= 11 is 1.33. The molecule has 0 radical (unpaired) electrons. The zero-order valence-electron chi connectivity index (χ0n) is 19.6. The monoisotopic (exact) mass is 481 g/mol. The minimum atomic E-state index is -1.05. The van der Waals surface area contributed by atoms with Gasteiger partial charge in [0.25, 0.3) is 0 Å². The molecule has 0 aliphatic carbocycles. The van der Waals surface area contributed by atoms with Crippen LogP contribution in [0.1, 0.15) is 48.1 Å². The summed E-state index contributed by atoms with van der Waals surface area (Å²) < 4.78 is 11.0. The van der Waals surface area contributed by atoms with Gasteiger partial charge >= 0.3 is 5.97 Å². The number of rotatable bonds is 7. The van der Waals surface area contributed by atoms with Gasteiger partial charge in [-0.05, 0) is 56.2 Å². The molecule has 2 heterocycles. The van der Waals surface area contributed by atoms with Crippen LogP contribution in [0.4, 0.5) is 0 Å². The van der Waals surface area contributed by atoms with Crippen LogP contribution in [0.15, 0.2) is 42.5 Å². The smallest absolute Gasteiger partial charge is 0.337 e. The van der Waals surface area contributed by atoms with Crippen LogP contribution in [0.25, 0.3) is 10.6 Å². The zero-order valence-corrected chi connectivity index (χ0v) is 20.4. The minimum absolute atomic E-state index is 0.113. The second kappa shape index (κ2) is 9.52.